The number of nitriles is 1. The maximum Gasteiger partial charge on any atom is 0.425 e. The lowest BCUT2D eigenvalue weighted by Gasteiger charge is -2.29. The Labute approximate surface area is 202 Å². The summed E-state index contributed by atoms with van der Waals surface area (Å²) in [5.41, 5.74) is 0.847. The van der Waals surface area contributed by atoms with Gasteiger partial charge in [-0.3, -0.25) is 4.79 Å². The third-order valence-electron chi connectivity index (χ3n) is 5.78. The van der Waals surface area contributed by atoms with Crippen LogP contribution < -0.4 is 9.47 Å². The fourth-order valence-electron chi connectivity index (χ4n) is 3.95. The molecule has 188 valence electrons. The van der Waals surface area contributed by atoms with Gasteiger partial charge in [-0.2, -0.15) is 23.5 Å². The number of rotatable bonds is 5. The highest BCUT2D eigenvalue weighted by Crippen LogP contribution is 2.37. The fourth-order valence-corrected chi connectivity index (χ4v) is 3.95. The predicted molar refractivity (Wildman–Crippen MR) is 116 cm³/mol. The molecular weight excluding hydrogens is 487 g/mol. The zero-order valence-electron chi connectivity index (χ0n) is 19.1. The first-order valence-electron chi connectivity index (χ1n) is 10.7. The van der Waals surface area contributed by atoms with Crippen LogP contribution >= 0.6 is 0 Å². The Kier molecular flexibility index (Phi) is 6.58. The summed E-state index contributed by atoms with van der Waals surface area (Å²) in [6.45, 7) is 0.912. The van der Waals surface area contributed by atoms with Gasteiger partial charge in [0.25, 0.3) is 5.91 Å². The van der Waals surface area contributed by atoms with Crippen LogP contribution in [-0.2, 0) is 13.0 Å². The Morgan fingerprint density at radius 3 is 2.61 bits per heavy atom. The molecule has 0 N–H and O–H groups in total. The molecule has 0 saturated heterocycles. The molecule has 7 nitrogen and oxygen atoms in total. The molecule has 0 aliphatic carbocycles. The number of hydrogen-bond donors (Lipinski definition) is 0. The van der Waals surface area contributed by atoms with Crippen LogP contribution in [0.4, 0.5) is 22.0 Å². The zero-order valence-corrected chi connectivity index (χ0v) is 19.1. The number of amides is 1. The van der Waals surface area contributed by atoms with Gasteiger partial charge in [-0.15, -0.1) is 0 Å². The van der Waals surface area contributed by atoms with E-state index in [0.717, 1.165) is 25.1 Å². The average molecular weight is 506 g/mol. The first kappa shape index (κ1) is 25.0. The highest BCUT2D eigenvalue weighted by Gasteiger charge is 2.39. The summed E-state index contributed by atoms with van der Waals surface area (Å²) in [4.78, 5) is 14.9. The van der Waals surface area contributed by atoms with Crippen molar-refractivity contribution in [3.63, 3.8) is 0 Å². The number of aromatic nitrogens is 2. The second-order valence-corrected chi connectivity index (χ2v) is 8.03. The van der Waals surface area contributed by atoms with Crippen LogP contribution in [0.15, 0.2) is 36.5 Å². The number of ether oxygens (including phenoxy) is 2. The third kappa shape index (κ3) is 4.56. The average Bonchev–Trinajstić information content (AvgIpc) is 3.25. The van der Waals surface area contributed by atoms with Crippen LogP contribution in [0.1, 0.15) is 34.1 Å². The first-order valence-corrected chi connectivity index (χ1v) is 10.7. The zero-order chi connectivity index (χ0) is 26.2. The summed E-state index contributed by atoms with van der Waals surface area (Å²) in [6, 6.07) is 7.28. The highest BCUT2D eigenvalue weighted by atomic mass is 19.4. The van der Waals surface area contributed by atoms with Gasteiger partial charge in [0.05, 0.1) is 24.6 Å². The topological polar surface area (TPSA) is 80.4 Å². The van der Waals surface area contributed by atoms with Crippen molar-refractivity contribution in [1.29, 1.82) is 5.26 Å². The van der Waals surface area contributed by atoms with Crippen molar-refractivity contribution in [1.82, 2.24) is 14.7 Å². The van der Waals surface area contributed by atoms with Crippen molar-refractivity contribution in [3.8, 4) is 23.3 Å². The van der Waals surface area contributed by atoms with Crippen LogP contribution in [0, 0.1) is 23.0 Å². The summed E-state index contributed by atoms with van der Waals surface area (Å²) in [6.07, 6.45) is -5.25. The van der Waals surface area contributed by atoms with E-state index in [4.69, 9.17) is 9.47 Å². The van der Waals surface area contributed by atoms with E-state index in [9.17, 15) is 32.0 Å². The van der Waals surface area contributed by atoms with Gasteiger partial charge in [0.2, 0.25) is 0 Å². The molecule has 0 fully saturated rings. The largest absolute Gasteiger partial charge is 0.494 e. The number of hydrogen-bond acceptors (Lipinski definition) is 5. The Bertz CT molecular complexity index is 1360. The molecular formula is C24H19F5N4O3. The van der Waals surface area contributed by atoms with Crippen molar-refractivity contribution >= 4 is 5.91 Å². The minimum Gasteiger partial charge on any atom is -0.494 e. The second kappa shape index (κ2) is 9.49. The van der Waals surface area contributed by atoms with Gasteiger partial charge >= 0.3 is 6.18 Å². The Morgan fingerprint density at radius 2 is 1.97 bits per heavy atom. The van der Waals surface area contributed by atoms with E-state index < -0.39 is 29.8 Å². The van der Waals surface area contributed by atoms with Crippen molar-refractivity contribution in [2.24, 2.45) is 0 Å². The molecule has 36 heavy (non-hydrogen) atoms. The van der Waals surface area contributed by atoms with Crippen molar-refractivity contribution in [3.05, 3.63) is 70.5 Å². The highest BCUT2D eigenvalue weighted by molar-refractivity contribution is 6.00. The molecule has 0 radical (unpaired) electrons. The monoisotopic (exact) mass is 506 g/mol. The van der Waals surface area contributed by atoms with E-state index in [1.54, 1.807) is 0 Å². The number of benzene rings is 2. The molecule has 0 bridgehead atoms. The van der Waals surface area contributed by atoms with Gasteiger partial charge in [0.1, 0.15) is 28.9 Å². The molecule has 1 aliphatic heterocycles. The van der Waals surface area contributed by atoms with Gasteiger partial charge in [0, 0.05) is 31.1 Å². The van der Waals surface area contributed by atoms with E-state index >= 15 is 0 Å². The van der Waals surface area contributed by atoms with Crippen molar-refractivity contribution in [2.45, 2.75) is 32.2 Å². The van der Waals surface area contributed by atoms with Crippen LogP contribution in [0.25, 0.3) is 5.69 Å². The number of methoxy groups -OCH3 is 1. The molecule has 1 atom stereocenters. The van der Waals surface area contributed by atoms with Crippen molar-refractivity contribution in [2.75, 3.05) is 13.7 Å². The van der Waals surface area contributed by atoms with Crippen LogP contribution in [0.5, 0.6) is 11.5 Å². The van der Waals surface area contributed by atoms with Gasteiger partial charge in [-0.1, -0.05) is 0 Å². The molecule has 0 spiro atoms. The van der Waals surface area contributed by atoms with Gasteiger partial charge in [-0.25, -0.2) is 13.5 Å². The van der Waals surface area contributed by atoms with E-state index in [1.807, 2.05) is 6.07 Å². The standard InChI is InChI=1S/C24H19F5N4O3/c1-13(24(27,28)29)36-20-6-3-14(10-30)22(35-2)21(20)23(34)32-8-7-18-15(12-32)11-31-33(18)19-5-4-16(25)9-17(19)26/h3-6,9,11,13H,7-8,12H2,1-2H3. The number of nitrogens with zero attached hydrogens (tertiary/aromatic N) is 4. The molecule has 1 aliphatic rings. The van der Waals surface area contributed by atoms with E-state index in [0.29, 0.717) is 11.3 Å². The molecule has 4 rings (SSSR count). The molecule has 0 saturated carbocycles. The Balaban J connectivity index is 1.68. The minimum absolute atomic E-state index is 0.00514. The Morgan fingerprint density at radius 1 is 1.22 bits per heavy atom. The van der Waals surface area contributed by atoms with Crippen LogP contribution in [0.3, 0.4) is 0 Å². The number of carbonyl (C=O) groups is 1. The summed E-state index contributed by atoms with van der Waals surface area (Å²) in [5.74, 6) is -2.84. The van der Waals surface area contributed by atoms with Gasteiger partial charge < -0.3 is 14.4 Å². The lowest BCUT2D eigenvalue weighted by molar-refractivity contribution is -0.189. The molecule has 2 aromatic carbocycles. The molecule has 2 heterocycles. The third-order valence-corrected chi connectivity index (χ3v) is 5.78. The smallest absolute Gasteiger partial charge is 0.425 e. The fraction of sp³-hybridized carbons (Fsp3) is 0.292. The summed E-state index contributed by atoms with van der Waals surface area (Å²) in [7, 11) is 1.19. The molecule has 3 aromatic rings. The SMILES string of the molecule is COc1c(C#N)ccc(OC(C)C(F)(F)F)c1C(=O)N1CCc2c(cnn2-c2ccc(F)cc2F)C1. The maximum atomic E-state index is 14.3. The molecule has 1 amide bonds. The normalized spacial score (nSPS) is 14.1. The lowest BCUT2D eigenvalue weighted by Crippen LogP contribution is -2.37. The van der Waals surface area contributed by atoms with Crippen LogP contribution in [0.2, 0.25) is 0 Å². The first-order chi connectivity index (χ1) is 17.0. The number of alkyl halides is 3. The maximum absolute atomic E-state index is 14.3. The second-order valence-electron chi connectivity index (χ2n) is 8.03. The molecule has 12 heteroatoms. The van der Waals surface area contributed by atoms with Crippen LogP contribution in [-0.4, -0.2) is 46.5 Å². The lowest BCUT2D eigenvalue weighted by atomic mass is 10.0. The number of halogens is 5. The van der Waals surface area contributed by atoms with Gasteiger partial charge in [-0.05, 0) is 31.2 Å². The molecule has 1 aromatic heterocycles. The minimum atomic E-state index is -4.69. The van der Waals surface area contributed by atoms with E-state index in [-0.39, 0.29) is 47.8 Å². The van der Waals surface area contributed by atoms with Crippen molar-refractivity contribution < 1.29 is 36.2 Å². The number of carbonyl (C=O) groups excluding carboxylic acids is 1. The van der Waals surface area contributed by atoms with E-state index in [1.165, 1.54) is 35.0 Å². The number of fused-ring (bicyclic) bond motifs is 1. The summed E-state index contributed by atoms with van der Waals surface area (Å²) < 4.78 is 78.7. The molecule has 1 unspecified atom stereocenters. The quantitative estimate of drug-likeness (QED) is 0.474. The predicted octanol–water partition coefficient (Wildman–Crippen LogP) is 4.56. The summed E-state index contributed by atoms with van der Waals surface area (Å²) >= 11 is 0. The van der Waals surface area contributed by atoms with Gasteiger partial charge in [0.15, 0.2) is 17.7 Å². The summed E-state index contributed by atoms with van der Waals surface area (Å²) in [5, 5.41) is 13.6. The van der Waals surface area contributed by atoms with E-state index in [2.05, 4.69) is 5.10 Å². The Hall–Kier alpha value is -4.14.